The maximum atomic E-state index is 12.8. The minimum Gasteiger partial charge on any atom is -0.481 e. The lowest BCUT2D eigenvalue weighted by Crippen LogP contribution is -2.41. The molecular formula is C20H29N3O3. The molecule has 142 valence electrons. The summed E-state index contributed by atoms with van der Waals surface area (Å²) in [5, 5.41) is 9.67. The van der Waals surface area contributed by atoms with Crippen molar-refractivity contribution in [2.24, 2.45) is 5.92 Å². The number of rotatable bonds is 4. The maximum Gasteiger partial charge on any atom is 0.308 e. The molecule has 1 amide bonds. The van der Waals surface area contributed by atoms with Gasteiger partial charge in [0.1, 0.15) is 0 Å². The second kappa shape index (κ2) is 8.18. The SMILES string of the molecule is Cc1ccccc1[C@@H]1CN(C(=O)CN2CCCN(C)CC2)C[C@H]1C(=O)O. The van der Waals surface area contributed by atoms with Crippen molar-refractivity contribution in [2.45, 2.75) is 19.3 Å². The number of aryl methyl sites for hydroxylation is 1. The van der Waals surface area contributed by atoms with Crippen LogP contribution in [0.2, 0.25) is 0 Å². The molecule has 3 rings (SSSR count). The molecule has 2 aliphatic rings. The van der Waals surface area contributed by atoms with Crippen LogP contribution in [0.1, 0.15) is 23.5 Å². The van der Waals surface area contributed by atoms with Gasteiger partial charge in [0.15, 0.2) is 0 Å². The minimum absolute atomic E-state index is 0.0527. The maximum absolute atomic E-state index is 12.8. The molecule has 2 heterocycles. The number of carbonyl (C=O) groups excluding carboxylic acids is 1. The summed E-state index contributed by atoms with van der Waals surface area (Å²) in [6.45, 7) is 7.04. The van der Waals surface area contributed by atoms with Gasteiger partial charge >= 0.3 is 5.97 Å². The van der Waals surface area contributed by atoms with Crippen molar-refractivity contribution in [3.8, 4) is 0 Å². The summed E-state index contributed by atoms with van der Waals surface area (Å²) in [5.74, 6) is -1.43. The fourth-order valence-corrected chi connectivity index (χ4v) is 4.13. The fourth-order valence-electron chi connectivity index (χ4n) is 4.13. The number of carboxylic acids is 1. The average Bonchev–Trinajstić information content (AvgIpc) is 2.95. The lowest BCUT2D eigenvalue weighted by Gasteiger charge is -2.23. The molecule has 0 spiro atoms. The van der Waals surface area contributed by atoms with E-state index in [2.05, 4.69) is 16.8 Å². The molecule has 0 radical (unpaired) electrons. The number of likely N-dealkylation sites (N-methyl/N-ethyl adjacent to an activating group) is 1. The molecule has 0 aliphatic carbocycles. The van der Waals surface area contributed by atoms with Crippen LogP contribution in [0.3, 0.4) is 0 Å². The first-order valence-corrected chi connectivity index (χ1v) is 9.42. The van der Waals surface area contributed by atoms with Crippen molar-refractivity contribution in [2.75, 3.05) is 52.9 Å². The van der Waals surface area contributed by atoms with Gasteiger partial charge in [-0.05, 0) is 44.6 Å². The van der Waals surface area contributed by atoms with E-state index in [-0.39, 0.29) is 11.8 Å². The number of amides is 1. The largest absolute Gasteiger partial charge is 0.481 e. The highest BCUT2D eigenvalue weighted by Gasteiger charge is 2.41. The number of likely N-dealkylation sites (tertiary alicyclic amines) is 1. The minimum atomic E-state index is -0.815. The summed E-state index contributed by atoms with van der Waals surface area (Å²) in [6, 6.07) is 7.91. The summed E-state index contributed by atoms with van der Waals surface area (Å²) >= 11 is 0. The van der Waals surface area contributed by atoms with E-state index < -0.39 is 11.9 Å². The molecule has 0 bridgehead atoms. The van der Waals surface area contributed by atoms with E-state index in [1.807, 2.05) is 31.2 Å². The monoisotopic (exact) mass is 359 g/mol. The van der Waals surface area contributed by atoms with E-state index in [9.17, 15) is 14.7 Å². The number of nitrogens with zero attached hydrogens (tertiary/aromatic N) is 3. The Kier molecular flexibility index (Phi) is 5.94. The summed E-state index contributed by atoms with van der Waals surface area (Å²) in [7, 11) is 2.11. The van der Waals surface area contributed by atoms with E-state index in [1.54, 1.807) is 4.90 Å². The zero-order valence-corrected chi connectivity index (χ0v) is 15.7. The standard InChI is InChI=1S/C20H29N3O3/c1-15-6-3-4-7-16(15)17-12-23(13-18(17)20(25)26)19(24)14-22-9-5-8-21(2)10-11-22/h3-4,6-7,17-18H,5,8-14H2,1-2H3,(H,25,26)/t17-,18+/m0/s1. The predicted molar refractivity (Wildman–Crippen MR) is 100 cm³/mol. The third-order valence-electron chi connectivity index (χ3n) is 5.75. The van der Waals surface area contributed by atoms with Gasteiger partial charge in [-0.2, -0.15) is 0 Å². The van der Waals surface area contributed by atoms with Crippen molar-refractivity contribution < 1.29 is 14.7 Å². The van der Waals surface area contributed by atoms with Gasteiger partial charge in [0, 0.05) is 32.1 Å². The average molecular weight is 359 g/mol. The topological polar surface area (TPSA) is 64.1 Å². The molecule has 0 aromatic heterocycles. The van der Waals surface area contributed by atoms with Crippen molar-refractivity contribution in [3.63, 3.8) is 0 Å². The highest BCUT2D eigenvalue weighted by atomic mass is 16.4. The van der Waals surface area contributed by atoms with Crippen LogP contribution in [-0.2, 0) is 9.59 Å². The van der Waals surface area contributed by atoms with E-state index in [0.717, 1.165) is 43.7 Å². The smallest absolute Gasteiger partial charge is 0.308 e. The Hall–Kier alpha value is -1.92. The number of hydrogen-bond acceptors (Lipinski definition) is 4. The first-order chi connectivity index (χ1) is 12.5. The predicted octanol–water partition coefficient (Wildman–Crippen LogP) is 1.26. The Bertz CT molecular complexity index is 663. The Morgan fingerprint density at radius 2 is 1.88 bits per heavy atom. The molecule has 0 saturated carbocycles. The van der Waals surface area contributed by atoms with Crippen LogP contribution >= 0.6 is 0 Å². The Morgan fingerprint density at radius 1 is 1.12 bits per heavy atom. The molecule has 2 atom stereocenters. The Morgan fingerprint density at radius 3 is 2.62 bits per heavy atom. The van der Waals surface area contributed by atoms with E-state index in [1.165, 1.54) is 0 Å². The molecule has 2 aliphatic heterocycles. The third kappa shape index (κ3) is 4.24. The van der Waals surface area contributed by atoms with Crippen LogP contribution < -0.4 is 0 Å². The van der Waals surface area contributed by atoms with Crippen LogP contribution in [0.15, 0.2) is 24.3 Å². The zero-order chi connectivity index (χ0) is 18.7. The third-order valence-corrected chi connectivity index (χ3v) is 5.75. The van der Waals surface area contributed by atoms with Gasteiger partial charge in [-0.3, -0.25) is 14.5 Å². The fraction of sp³-hybridized carbons (Fsp3) is 0.600. The van der Waals surface area contributed by atoms with Crippen LogP contribution in [0, 0.1) is 12.8 Å². The lowest BCUT2D eigenvalue weighted by atomic mass is 9.86. The number of aliphatic carboxylic acids is 1. The number of carboxylic acid groups (broad SMARTS) is 1. The first-order valence-electron chi connectivity index (χ1n) is 9.42. The van der Waals surface area contributed by atoms with Crippen LogP contribution in [0.25, 0.3) is 0 Å². The molecule has 26 heavy (non-hydrogen) atoms. The molecule has 2 saturated heterocycles. The van der Waals surface area contributed by atoms with Crippen molar-refractivity contribution >= 4 is 11.9 Å². The quantitative estimate of drug-likeness (QED) is 0.877. The van der Waals surface area contributed by atoms with Gasteiger partial charge in [0.2, 0.25) is 5.91 Å². The summed E-state index contributed by atoms with van der Waals surface area (Å²) in [6.07, 6.45) is 1.06. The van der Waals surface area contributed by atoms with Crippen molar-refractivity contribution in [3.05, 3.63) is 35.4 Å². The second-order valence-electron chi connectivity index (χ2n) is 7.64. The molecule has 6 nitrogen and oxygen atoms in total. The summed E-state index contributed by atoms with van der Waals surface area (Å²) < 4.78 is 0. The van der Waals surface area contributed by atoms with Crippen molar-refractivity contribution in [1.82, 2.24) is 14.7 Å². The highest BCUT2D eigenvalue weighted by Crippen LogP contribution is 2.34. The Labute approximate surface area is 155 Å². The second-order valence-corrected chi connectivity index (χ2v) is 7.64. The molecule has 0 unspecified atom stereocenters. The number of hydrogen-bond donors (Lipinski definition) is 1. The van der Waals surface area contributed by atoms with Crippen LogP contribution in [0.5, 0.6) is 0 Å². The Balaban J connectivity index is 1.68. The lowest BCUT2D eigenvalue weighted by molar-refractivity contribution is -0.141. The van der Waals surface area contributed by atoms with E-state index >= 15 is 0 Å². The van der Waals surface area contributed by atoms with Gasteiger partial charge < -0.3 is 14.9 Å². The summed E-state index contributed by atoms with van der Waals surface area (Å²) in [5.41, 5.74) is 2.14. The van der Waals surface area contributed by atoms with Crippen LogP contribution in [-0.4, -0.2) is 84.5 Å². The molecule has 6 heteroatoms. The normalized spacial score (nSPS) is 25.2. The molecular weight excluding hydrogens is 330 g/mol. The highest BCUT2D eigenvalue weighted by molar-refractivity contribution is 5.81. The van der Waals surface area contributed by atoms with E-state index in [0.29, 0.717) is 19.6 Å². The van der Waals surface area contributed by atoms with E-state index in [4.69, 9.17) is 0 Å². The van der Waals surface area contributed by atoms with Gasteiger partial charge in [0.25, 0.3) is 0 Å². The van der Waals surface area contributed by atoms with Gasteiger partial charge in [-0.15, -0.1) is 0 Å². The number of benzene rings is 1. The summed E-state index contributed by atoms with van der Waals surface area (Å²) in [4.78, 5) is 30.8. The van der Waals surface area contributed by atoms with Gasteiger partial charge in [0.05, 0.1) is 12.5 Å². The van der Waals surface area contributed by atoms with Crippen molar-refractivity contribution in [1.29, 1.82) is 0 Å². The van der Waals surface area contributed by atoms with Crippen LogP contribution in [0.4, 0.5) is 0 Å². The van der Waals surface area contributed by atoms with Gasteiger partial charge in [-0.1, -0.05) is 24.3 Å². The van der Waals surface area contributed by atoms with Gasteiger partial charge in [-0.25, -0.2) is 0 Å². The molecule has 1 aromatic rings. The molecule has 1 N–H and O–H groups in total. The zero-order valence-electron chi connectivity index (χ0n) is 15.7. The molecule has 2 fully saturated rings. The number of carbonyl (C=O) groups is 2. The molecule has 1 aromatic carbocycles. The first kappa shape index (κ1) is 18.9.